The molecule has 0 bridgehead atoms. The van der Waals surface area contributed by atoms with Crippen molar-refractivity contribution in [2.75, 3.05) is 32.8 Å². The fraction of sp³-hybridized carbons (Fsp3) is 0.750. The van der Waals surface area contributed by atoms with Crippen molar-refractivity contribution in [1.29, 1.82) is 0 Å². The van der Waals surface area contributed by atoms with E-state index in [1.807, 2.05) is 0 Å². The third-order valence-corrected chi connectivity index (χ3v) is 3.05. The molecule has 1 saturated heterocycles. The van der Waals surface area contributed by atoms with Gasteiger partial charge in [-0.15, -0.1) is 0 Å². The Morgan fingerprint density at radius 3 is 2.42 bits per heavy atom. The number of piperidine rings is 1. The van der Waals surface area contributed by atoms with Gasteiger partial charge >= 0.3 is 11.9 Å². The number of carbonyl (C=O) groups excluding carboxylic acids is 2. The first-order chi connectivity index (χ1) is 9.04. The lowest BCUT2D eigenvalue weighted by molar-refractivity contribution is -0.146. The van der Waals surface area contributed by atoms with Crippen LogP contribution in [0.1, 0.15) is 19.8 Å². The number of hydrogen-bond donors (Lipinski definition) is 2. The second-order valence-electron chi connectivity index (χ2n) is 4.40. The Morgan fingerprint density at radius 2 is 1.89 bits per heavy atom. The molecule has 0 aromatic rings. The van der Waals surface area contributed by atoms with Gasteiger partial charge in [0.15, 0.2) is 0 Å². The minimum Gasteiger partial charge on any atom is -0.481 e. The molecule has 0 unspecified atom stereocenters. The maximum atomic E-state index is 11.8. The summed E-state index contributed by atoms with van der Waals surface area (Å²) in [6.45, 7) is 3.02. The number of carboxylic acid groups (broad SMARTS) is 1. The first kappa shape index (κ1) is 15.4. The molecule has 0 spiro atoms. The Balaban J connectivity index is 2.21. The van der Waals surface area contributed by atoms with Crippen molar-refractivity contribution in [3.05, 3.63) is 0 Å². The van der Waals surface area contributed by atoms with Gasteiger partial charge in [0.2, 0.25) is 5.91 Å². The average Bonchev–Trinajstić information content (AvgIpc) is 2.39. The number of rotatable bonds is 6. The van der Waals surface area contributed by atoms with Crippen LogP contribution in [0.5, 0.6) is 0 Å². The fourth-order valence-electron chi connectivity index (χ4n) is 1.97. The van der Waals surface area contributed by atoms with Gasteiger partial charge in [0, 0.05) is 13.1 Å². The maximum Gasteiger partial charge on any atom is 0.319 e. The number of likely N-dealkylation sites (tertiary alicyclic amines) is 1. The quantitative estimate of drug-likeness (QED) is 0.631. The lowest BCUT2D eigenvalue weighted by atomic mass is 9.97. The van der Waals surface area contributed by atoms with Gasteiger partial charge < -0.3 is 14.7 Å². The first-order valence-electron chi connectivity index (χ1n) is 6.41. The van der Waals surface area contributed by atoms with Gasteiger partial charge in [-0.2, -0.15) is 0 Å². The summed E-state index contributed by atoms with van der Waals surface area (Å²) in [4.78, 5) is 35.2. The monoisotopic (exact) mass is 272 g/mol. The zero-order chi connectivity index (χ0) is 14.3. The average molecular weight is 272 g/mol. The van der Waals surface area contributed by atoms with Gasteiger partial charge in [-0.05, 0) is 19.8 Å². The number of hydrogen-bond acceptors (Lipinski definition) is 5. The van der Waals surface area contributed by atoms with Crippen LogP contribution in [0.25, 0.3) is 0 Å². The summed E-state index contributed by atoms with van der Waals surface area (Å²) >= 11 is 0. The van der Waals surface area contributed by atoms with Gasteiger partial charge in [0.05, 0.1) is 25.6 Å². The molecule has 0 aromatic carbocycles. The normalized spacial score (nSPS) is 16.2. The highest BCUT2D eigenvalue weighted by Crippen LogP contribution is 2.16. The van der Waals surface area contributed by atoms with Crippen LogP contribution in [-0.2, 0) is 19.1 Å². The van der Waals surface area contributed by atoms with Crippen LogP contribution in [0.4, 0.5) is 0 Å². The molecule has 1 rings (SSSR count). The SMILES string of the molecule is CCOC(=O)CNCC(=O)N1CCC(C(=O)O)CC1. The van der Waals surface area contributed by atoms with Gasteiger partial charge in [-0.1, -0.05) is 0 Å². The smallest absolute Gasteiger partial charge is 0.319 e. The number of ether oxygens (including phenoxy) is 1. The van der Waals surface area contributed by atoms with Crippen LogP contribution in [0.2, 0.25) is 0 Å². The molecule has 1 fully saturated rings. The van der Waals surface area contributed by atoms with Gasteiger partial charge in [-0.3, -0.25) is 19.7 Å². The van der Waals surface area contributed by atoms with E-state index in [-0.39, 0.29) is 30.9 Å². The van der Waals surface area contributed by atoms with Gasteiger partial charge in [-0.25, -0.2) is 0 Å². The van der Waals surface area contributed by atoms with E-state index in [4.69, 9.17) is 9.84 Å². The molecule has 1 amide bonds. The molecule has 0 saturated carbocycles. The van der Waals surface area contributed by atoms with Gasteiger partial charge in [0.25, 0.3) is 0 Å². The van der Waals surface area contributed by atoms with E-state index in [9.17, 15) is 14.4 Å². The second-order valence-corrected chi connectivity index (χ2v) is 4.40. The molecule has 0 aromatic heterocycles. The van der Waals surface area contributed by atoms with E-state index in [1.54, 1.807) is 11.8 Å². The first-order valence-corrected chi connectivity index (χ1v) is 6.41. The molecular formula is C12H20N2O5. The summed E-state index contributed by atoms with van der Waals surface area (Å²) in [6, 6.07) is 0. The summed E-state index contributed by atoms with van der Waals surface area (Å²) < 4.78 is 4.72. The topological polar surface area (TPSA) is 95.9 Å². The van der Waals surface area contributed by atoms with Crippen molar-refractivity contribution in [2.24, 2.45) is 5.92 Å². The third kappa shape index (κ3) is 5.25. The predicted octanol–water partition coefficient (Wildman–Crippen LogP) is -0.538. The second kappa shape index (κ2) is 7.73. The lowest BCUT2D eigenvalue weighted by Gasteiger charge is -2.30. The zero-order valence-electron chi connectivity index (χ0n) is 11.1. The van der Waals surface area contributed by atoms with E-state index in [0.29, 0.717) is 32.5 Å². The maximum absolute atomic E-state index is 11.8. The Labute approximate surface area is 111 Å². The molecule has 0 radical (unpaired) electrons. The highest BCUT2D eigenvalue weighted by Gasteiger charge is 2.26. The van der Waals surface area contributed by atoms with Crippen LogP contribution < -0.4 is 5.32 Å². The van der Waals surface area contributed by atoms with Crippen LogP contribution in [0.3, 0.4) is 0 Å². The molecule has 19 heavy (non-hydrogen) atoms. The molecule has 108 valence electrons. The Kier molecular flexibility index (Phi) is 6.27. The van der Waals surface area contributed by atoms with Crippen LogP contribution in [0, 0.1) is 5.92 Å². The van der Waals surface area contributed by atoms with E-state index < -0.39 is 5.97 Å². The summed E-state index contributed by atoms with van der Waals surface area (Å²) in [5.41, 5.74) is 0. The van der Waals surface area contributed by atoms with Crippen LogP contribution in [0.15, 0.2) is 0 Å². The molecular weight excluding hydrogens is 252 g/mol. The number of nitrogens with zero attached hydrogens (tertiary/aromatic N) is 1. The fourth-order valence-corrected chi connectivity index (χ4v) is 1.97. The molecule has 0 atom stereocenters. The number of carboxylic acids is 1. The molecule has 7 nitrogen and oxygen atoms in total. The predicted molar refractivity (Wildman–Crippen MR) is 66.4 cm³/mol. The standard InChI is InChI=1S/C12H20N2O5/c1-2-19-11(16)8-13-7-10(15)14-5-3-9(4-6-14)12(17)18/h9,13H,2-8H2,1H3,(H,17,18). The molecule has 0 aliphatic carbocycles. The van der Waals surface area contributed by atoms with E-state index >= 15 is 0 Å². The number of nitrogens with one attached hydrogen (secondary N) is 1. The Bertz CT molecular complexity index is 337. The minimum absolute atomic E-state index is 0.00513. The third-order valence-electron chi connectivity index (χ3n) is 3.05. The van der Waals surface area contributed by atoms with Gasteiger partial charge in [0.1, 0.15) is 0 Å². The van der Waals surface area contributed by atoms with Crippen molar-refractivity contribution in [3.8, 4) is 0 Å². The number of esters is 1. The van der Waals surface area contributed by atoms with Crippen molar-refractivity contribution in [2.45, 2.75) is 19.8 Å². The summed E-state index contributed by atoms with van der Waals surface area (Å²) in [6.07, 6.45) is 0.970. The molecule has 1 heterocycles. The van der Waals surface area contributed by atoms with Crippen molar-refractivity contribution >= 4 is 17.8 Å². The summed E-state index contributed by atoms with van der Waals surface area (Å²) in [5.74, 6) is -1.66. The highest BCUT2D eigenvalue weighted by molar-refractivity contribution is 5.80. The molecule has 2 N–H and O–H groups in total. The Hall–Kier alpha value is -1.63. The number of carbonyl (C=O) groups is 3. The van der Waals surface area contributed by atoms with Crippen LogP contribution >= 0.6 is 0 Å². The van der Waals surface area contributed by atoms with E-state index in [2.05, 4.69) is 5.32 Å². The summed E-state index contributed by atoms with van der Waals surface area (Å²) in [7, 11) is 0. The highest BCUT2D eigenvalue weighted by atomic mass is 16.5. The van der Waals surface area contributed by atoms with Crippen molar-refractivity contribution < 1.29 is 24.2 Å². The largest absolute Gasteiger partial charge is 0.481 e. The zero-order valence-corrected chi connectivity index (χ0v) is 11.1. The number of amides is 1. The van der Waals surface area contributed by atoms with Crippen LogP contribution in [-0.4, -0.2) is 60.6 Å². The van der Waals surface area contributed by atoms with Crippen molar-refractivity contribution in [3.63, 3.8) is 0 Å². The molecule has 1 aliphatic rings. The molecule has 7 heteroatoms. The summed E-state index contributed by atoms with van der Waals surface area (Å²) in [5, 5.41) is 11.6. The Morgan fingerprint density at radius 1 is 1.26 bits per heavy atom. The lowest BCUT2D eigenvalue weighted by Crippen LogP contribution is -2.44. The van der Waals surface area contributed by atoms with E-state index in [1.165, 1.54) is 0 Å². The number of aliphatic carboxylic acids is 1. The van der Waals surface area contributed by atoms with Crippen molar-refractivity contribution in [1.82, 2.24) is 10.2 Å². The van der Waals surface area contributed by atoms with E-state index in [0.717, 1.165) is 0 Å². The minimum atomic E-state index is -0.799. The molecule has 1 aliphatic heterocycles.